The highest BCUT2D eigenvalue weighted by atomic mass is 14.4. The lowest BCUT2D eigenvalue weighted by atomic mass is 9.62. The van der Waals surface area contributed by atoms with Crippen molar-refractivity contribution in [3.05, 3.63) is 6.92 Å². The van der Waals surface area contributed by atoms with Crippen LogP contribution in [0.2, 0.25) is 0 Å². The minimum Gasteiger partial charge on any atom is -0.0654 e. The van der Waals surface area contributed by atoms with Crippen LogP contribution in [0.3, 0.4) is 0 Å². The summed E-state index contributed by atoms with van der Waals surface area (Å²) in [7, 11) is 0. The molecule has 0 bridgehead atoms. The molecule has 0 aromatic carbocycles. The molecule has 115 valence electrons. The lowest BCUT2D eigenvalue weighted by Crippen LogP contribution is -2.35. The van der Waals surface area contributed by atoms with Crippen molar-refractivity contribution in [2.45, 2.75) is 99.3 Å². The molecule has 0 N–H and O–H groups in total. The van der Waals surface area contributed by atoms with Crippen LogP contribution in [0.25, 0.3) is 0 Å². The van der Waals surface area contributed by atoms with E-state index in [0.29, 0.717) is 5.41 Å². The first-order chi connectivity index (χ1) is 8.75. The van der Waals surface area contributed by atoms with Gasteiger partial charge in [-0.05, 0) is 36.5 Å². The van der Waals surface area contributed by atoms with E-state index in [1.54, 1.807) is 0 Å². The van der Waals surface area contributed by atoms with Crippen LogP contribution in [0.15, 0.2) is 0 Å². The Hall–Kier alpha value is 0. The minimum absolute atomic E-state index is 0.196. The number of rotatable bonds is 11. The molecule has 19 heavy (non-hydrogen) atoms. The molecule has 0 amide bonds. The van der Waals surface area contributed by atoms with Crippen molar-refractivity contribution in [3.8, 4) is 0 Å². The van der Waals surface area contributed by atoms with Crippen molar-refractivity contribution in [1.29, 1.82) is 0 Å². The van der Waals surface area contributed by atoms with E-state index < -0.39 is 0 Å². The van der Waals surface area contributed by atoms with Gasteiger partial charge in [-0.1, -0.05) is 86.5 Å². The van der Waals surface area contributed by atoms with Crippen molar-refractivity contribution in [3.63, 3.8) is 0 Å². The Morgan fingerprint density at radius 3 is 1.79 bits per heavy atom. The number of unbranched alkanes of at least 4 members (excludes halogenated alkanes) is 5. The maximum Gasteiger partial charge on any atom is -0.0311 e. The third-order valence-corrected chi connectivity index (χ3v) is 4.66. The van der Waals surface area contributed by atoms with Crippen molar-refractivity contribution < 1.29 is 0 Å². The summed E-state index contributed by atoms with van der Waals surface area (Å²) in [6.07, 6.45) is 12.3. The molecule has 0 fully saturated rings. The van der Waals surface area contributed by atoms with Crippen LogP contribution < -0.4 is 0 Å². The predicted molar refractivity (Wildman–Crippen MR) is 89.3 cm³/mol. The van der Waals surface area contributed by atoms with Crippen molar-refractivity contribution in [2.75, 3.05) is 0 Å². The molecule has 0 aromatic rings. The van der Waals surface area contributed by atoms with E-state index in [9.17, 15) is 0 Å². The average molecular weight is 268 g/mol. The molecule has 0 aliphatic carbocycles. The van der Waals surface area contributed by atoms with Crippen molar-refractivity contribution in [1.82, 2.24) is 0 Å². The third-order valence-electron chi connectivity index (χ3n) is 4.66. The van der Waals surface area contributed by atoms with Gasteiger partial charge in [0.05, 0.1) is 0 Å². The van der Waals surface area contributed by atoms with Crippen LogP contribution in [-0.2, 0) is 0 Å². The summed E-state index contributed by atoms with van der Waals surface area (Å²) in [5.41, 5.74) is 0.634. The maximum atomic E-state index is 4.46. The fourth-order valence-corrected chi connectivity index (χ4v) is 3.62. The maximum absolute atomic E-state index is 4.46. The lowest BCUT2D eigenvalue weighted by Gasteiger charge is -2.43. The van der Waals surface area contributed by atoms with E-state index >= 15 is 0 Å². The van der Waals surface area contributed by atoms with Gasteiger partial charge in [-0.25, -0.2) is 0 Å². The predicted octanol–water partition coefficient (Wildman–Crippen LogP) is 7.04. The molecule has 0 aliphatic rings. The molecule has 0 rings (SSSR count). The van der Waals surface area contributed by atoms with E-state index in [-0.39, 0.29) is 5.41 Å². The van der Waals surface area contributed by atoms with Gasteiger partial charge in [0.1, 0.15) is 0 Å². The smallest absolute Gasteiger partial charge is 0.0311 e. The van der Waals surface area contributed by atoms with Gasteiger partial charge in [0.15, 0.2) is 0 Å². The van der Waals surface area contributed by atoms with Crippen molar-refractivity contribution >= 4 is 0 Å². The van der Waals surface area contributed by atoms with E-state index in [2.05, 4.69) is 48.5 Å². The van der Waals surface area contributed by atoms with Crippen molar-refractivity contribution in [2.24, 2.45) is 16.7 Å². The SMILES string of the molecule is [CH2]C(C)(C)C(CCCCC)C(C)(C)CCCCCC. The molecule has 1 atom stereocenters. The first-order valence-corrected chi connectivity index (χ1v) is 8.61. The normalized spacial score (nSPS) is 14.7. The largest absolute Gasteiger partial charge is 0.0654 e. The fourth-order valence-electron chi connectivity index (χ4n) is 3.62. The molecule has 0 aliphatic heterocycles. The second-order valence-corrected chi connectivity index (χ2v) is 7.84. The molecular formula is C19H39. The molecule has 0 saturated heterocycles. The van der Waals surface area contributed by atoms with Gasteiger partial charge in [-0.15, -0.1) is 0 Å². The Kier molecular flexibility index (Phi) is 9.03. The van der Waals surface area contributed by atoms with Gasteiger partial charge in [-0.2, -0.15) is 0 Å². The average Bonchev–Trinajstić information content (AvgIpc) is 2.28. The topological polar surface area (TPSA) is 0 Å². The molecule has 0 spiro atoms. The molecule has 1 unspecified atom stereocenters. The zero-order chi connectivity index (χ0) is 14.9. The van der Waals surface area contributed by atoms with Gasteiger partial charge in [-0.3, -0.25) is 0 Å². The van der Waals surface area contributed by atoms with Crippen LogP contribution in [0, 0.1) is 23.7 Å². The highest BCUT2D eigenvalue weighted by Gasteiger charge is 2.36. The molecule has 1 radical (unpaired) electrons. The van der Waals surface area contributed by atoms with Gasteiger partial charge >= 0.3 is 0 Å². The van der Waals surface area contributed by atoms with E-state index in [1.807, 2.05) is 0 Å². The summed E-state index contributed by atoms with van der Waals surface area (Å²) in [4.78, 5) is 0. The summed E-state index contributed by atoms with van der Waals surface area (Å²) in [6, 6.07) is 0. The molecule has 0 saturated carbocycles. The first-order valence-electron chi connectivity index (χ1n) is 8.61. The van der Waals surface area contributed by atoms with Crippen LogP contribution in [0.5, 0.6) is 0 Å². The Morgan fingerprint density at radius 1 is 0.789 bits per heavy atom. The van der Waals surface area contributed by atoms with E-state index in [4.69, 9.17) is 0 Å². The Labute approximate surface area is 123 Å². The van der Waals surface area contributed by atoms with E-state index in [1.165, 1.54) is 57.8 Å². The number of hydrogen-bond donors (Lipinski definition) is 0. The van der Waals surface area contributed by atoms with Crippen LogP contribution in [-0.4, -0.2) is 0 Å². The molecule has 0 nitrogen and oxygen atoms in total. The van der Waals surface area contributed by atoms with Crippen LogP contribution in [0.4, 0.5) is 0 Å². The monoisotopic (exact) mass is 267 g/mol. The zero-order valence-corrected chi connectivity index (χ0v) is 14.6. The first kappa shape index (κ1) is 19.0. The van der Waals surface area contributed by atoms with Gasteiger partial charge < -0.3 is 0 Å². The standard InChI is InChI=1S/C19H39/c1-8-10-12-14-16-19(6,7)17(18(3,4)5)15-13-11-9-2/h17H,3,8-16H2,1-2,4-7H3. The molecule has 0 aromatic heterocycles. The Bertz CT molecular complexity index is 207. The third kappa shape index (κ3) is 8.00. The lowest BCUT2D eigenvalue weighted by molar-refractivity contribution is 0.0818. The minimum atomic E-state index is 0.196. The summed E-state index contributed by atoms with van der Waals surface area (Å²) in [5, 5.41) is 0. The highest BCUT2D eigenvalue weighted by molar-refractivity contribution is 4.90. The van der Waals surface area contributed by atoms with Gasteiger partial charge in [0.25, 0.3) is 0 Å². The summed E-state index contributed by atoms with van der Waals surface area (Å²) in [6.45, 7) is 18.7. The molecule has 0 heterocycles. The summed E-state index contributed by atoms with van der Waals surface area (Å²) < 4.78 is 0. The summed E-state index contributed by atoms with van der Waals surface area (Å²) >= 11 is 0. The zero-order valence-electron chi connectivity index (χ0n) is 14.6. The Balaban J connectivity index is 4.44. The Morgan fingerprint density at radius 2 is 1.32 bits per heavy atom. The highest BCUT2D eigenvalue weighted by Crippen LogP contribution is 2.46. The molecular weight excluding hydrogens is 228 g/mol. The van der Waals surface area contributed by atoms with Gasteiger partial charge in [0, 0.05) is 0 Å². The van der Waals surface area contributed by atoms with Crippen LogP contribution in [0.1, 0.15) is 99.3 Å². The fraction of sp³-hybridized carbons (Fsp3) is 0.947. The van der Waals surface area contributed by atoms with Crippen LogP contribution >= 0.6 is 0 Å². The quantitative estimate of drug-likeness (QED) is 0.352. The molecule has 0 heteroatoms. The second-order valence-electron chi connectivity index (χ2n) is 7.84. The number of hydrogen-bond acceptors (Lipinski definition) is 0. The van der Waals surface area contributed by atoms with Gasteiger partial charge in [0.2, 0.25) is 0 Å². The van der Waals surface area contributed by atoms with E-state index in [0.717, 1.165) is 5.92 Å². The summed E-state index contributed by atoms with van der Waals surface area (Å²) in [5.74, 6) is 0.744. The second kappa shape index (κ2) is 9.03.